The number of pyridine rings is 1. The number of anilines is 1. The lowest BCUT2D eigenvalue weighted by atomic mass is 10.2. The predicted octanol–water partition coefficient (Wildman–Crippen LogP) is 3.36. The fourth-order valence-electron chi connectivity index (χ4n) is 2.02. The summed E-state index contributed by atoms with van der Waals surface area (Å²) in [5, 5.41) is 0. The van der Waals surface area contributed by atoms with E-state index >= 15 is 0 Å². The molecule has 0 aliphatic carbocycles. The number of aromatic nitrogens is 3. The summed E-state index contributed by atoms with van der Waals surface area (Å²) < 4.78 is 44.6. The summed E-state index contributed by atoms with van der Waals surface area (Å²) >= 11 is 0. The Morgan fingerprint density at radius 3 is 2.59 bits per heavy atom. The average Bonchev–Trinajstić information content (AvgIpc) is 2.81. The van der Waals surface area contributed by atoms with Crippen molar-refractivity contribution in [2.24, 2.45) is 7.05 Å². The molecule has 114 valence electrons. The van der Waals surface area contributed by atoms with Crippen LogP contribution in [0.2, 0.25) is 0 Å². The standard InChI is InChI=1S/C14H11F3N4O/c1-21-7-20-13-10(18)4-9(5-11(13)21)22-12-3-2-8(6-19-12)14(15,16)17/h2-7H,18H2,1H3. The van der Waals surface area contributed by atoms with Gasteiger partial charge in [-0.05, 0) is 6.07 Å². The van der Waals surface area contributed by atoms with E-state index in [2.05, 4.69) is 9.97 Å². The minimum Gasteiger partial charge on any atom is -0.439 e. The number of hydrogen-bond acceptors (Lipinski definition) is 4. The highest BCUT2D eigenvalue weighted by Crippen LogP contribution is 2.31. The molecule has 2 heterocycles. The SMILES string of the molecule is Cn1cnc2c(N)cc(Oc3ccc(C(F)(F)F)cn3)cc21. The maximum Gasteiger partial charge on any atom is 0.417 e. The lowest BCUT2D eigenvalue weighted by molar-refractivity contribution is -0.137. The van der Waals surface area contributed by atoms with Crippen LogP contribution in [0.4, 0.5) is 18.9 Å². The Bertz CT molecular complexity index is 824. The summed E-state index contributed by atoms with van der Waals surface area (Å²) in [4.78, 5) is 7.80. The molecule has 0 saturated carbocycles. The highest BCUT2D eigenvalue weighted by molar-refractivity contribution is 5.88. The van der Waals surface area contributed by atoms with Crippen molar-refractivity contribution in [3.8, 4) is 11.6 Å². The van der Waals surface area contributed by atoms with E-state index in [1.54, 1.807) is 30.1 Å². The van der Waals surface area contributed by atoms with Gasteiger partial charge >= 0.3 is 6.18 Å². The van der Waals surface area contributed by atoms with Crippen LogP contribution in [-0.2, 0) is 13.2 Å². The smallest absolute Gasteiger partial charge is 0.417 e. The van der Waals surface area contributed by atoms with Crippen molar-refractivity contribution in [1.29, 1.82) is 0 Å². The molecule has 8 heteroatoms. The van der Waals surface area contributed by atoms with Crippen LogP contribution in [0, 0.1) is 0 Å². The van der Waals surface area contributed by atoms with E-state index in [1.165, 1.54) is 0 Å². The zero-order valence-corrected chi connectivity index (χ0v) is 11.4. The molecule has 0 aliphatic heterocycles. The minimum absolute atomic E-state index is 0.0499. The molecule has 5 nitrogen and oxygen atoms in total. The molecule has 0 fully saturated rings. The van der Waals surface area contributed by atoms with Gasteiger partial charge < -0.3 is 15.0 Å². The van der Waals surface area contributed by atoms with Crippen molar-refractivity contribution in [3.05, 3.63) is 42.4 Å². The Morgan fingerprint density at radius 2 is 1.95 bits per heavy atom. The molecule has 1 aromatic carbocycles. The van der Waals surface area contributed by atoms with Crippen molar-refractivity contribution in [1.82, 2.24) is 14.5 Å². The van der Waals surface area contributed by atoms with Crippen molar-refractivity contribution >= 4 is 16.7 Å². The van der Waals surface area contributed by atoms with Crippen molar-refractivity contribution in [3.63, 3.8) is 0 Å². The molecule has 0 saturated heterocycles. The Hall–Kier alpha value is -2.77. The van der Waals surface area contributed by atoms with Gasteiger partial charge in [-0.1, -0.05) is 0 Å². The molecule has 22 heavy (non-hydrogen) atoms. The third kappa shape index (κ3) is 2.54. The molecule has 2 N–H and O–H groups in total. The summed E-state index contributed by atoms with van der Waals surface area (Å²) in [5.41, 5.74) is 6.85. The molecule has 2 aromatic heterocycles. The number of nitrogens with two attached hydrogens (primary N) is 1. The first-order valence-electron chi connectivity index (χ1n) is 6.26. The van der Waals surface area contributed by atoms with E-state index in [9.17, 15) is 13.2 Å². The number of imidazole rings is 1. The van der Waals surface area contributed by atoms with Gasteiger partial charge in [-0.25, -0.2) is 9.97 Å². The Kier molecular flexibility index (Phi) is 3.16. The number of rotatable bonds is 2. The fraction of sp³-hybridized carbons (Fsp3) is 0.143. The first-order valence-corrected chi connectivity index (χ1v) is 6.26. The summed E-state index contributed by atoms with van der Waals surface area (Å²) in [6.45, 7) is 0. The van der Waals surface area contributed by atoms with Crippen LogP contribution in [0.5, 0.6) is 11.6 Å². The Morgan fingerprint density at radius 1 is 1.18 bits per heavy atom. The molecule has 0 spiro atoms. The van der Waals surface area contributed by atoms with E-state index in [0.29, 0.717) is 17.0 Å². The Labute approximate surface area is 123 Å². The van der Waals surface area contributed by atoms with Crippen molar-refractivity contribution in [2.45, 2.75) is 6.18 Å². The summed E-state index contributed by atoms with van der Waals surface area (Å²) in [7, 11) is 1.80. The van der Waals surface area contributed by atoms with E-state index in [0.717, 1.165) is 23.8 Å². The van der Waals surface area contributed by atoms with Crippen LogP contribution in [0.25, 0.3) is 11.0 Å². The number of halogens is 3. The number of benzene rings is 1. The monoisotopic (exact) mass is 308 g/mol. The first kappa shape index (κ1) is 14.2. The third-order valence-corrected chi connectivity index (χ3v) is 3.12. The largest absolute Gasteiger partial charge is 0.439 e. The molecule has 0 aliphatic rings. The van der Waals surface area contributed by atoms with Gasteiger partial charge in [0.25, 0.3) is 0 Å². The summed E-state index contributed by atoms with van der Waals surface area (Å²) in [5.74, 6) is 0.426. The lowest BCUT2D eigenvalue weighted by Gasteiger charge is -2.09. The van der Waals surface area contributed by atoms with Crippen LogP contribution in [-0.4, -0.2) is 14.5 Å². The van der Waals surface area contributed by atoms with Crippen LogP contribution in [0.15, 0.2) is 36.8 Å². The molecular weight excluding hydrogens is 297 g/mol. The molecule has 3 aromatic rings. The van der Waals surface area contributed by atoms with Gasteiger partial charge in [-0.15, -0.1) is 0 Å². The van der Waals surface area contributed by atoms with E-state index in [1.807, 2.05) is 0 Å². The number of ether oxygens (including phenoxy) is 1. The van der Waals surface area contributed by atoms with Crippen LogP contribution in [0.3, 0.4) is 0 Å². The first-order chi connectivity index (χ1) is 10.3. The highest BCUT2D eigenvalue weighted by atomic mass is 19.4. The van der Waals surface area contributed by atoms with E-state index in [-0.39, 0.29) is 5.88 Å². The molecule has 0 radical (unpaired) electrons. The second kappa shape index (κ2) is 4.90. The number of nitrogens with zero attached hydrogens (tertiary/aromatic N) is 3. The summed E-state index contributed by atoms with van der Waals surface area (Å²) in [6.07, 6.45) is -2.09. The molecule has 3 rings (SSSR count). The van der Waals surface area contributed by atoms with E-state index < -0.39 is 11.7 Å². The second-order valence-electron chi connectivity index (χ2n) is 4.72. The zero-order valence-electron chi connectivity index (χ0n) is 11.4. The van der Waals surface area contributed by atoms with Crippen LogP contribution < -0.4 is 10.5 Å². The number of hydrogen-bond donors (Lipinski definition) is 1. The van der Waals surface area contributed by atoms with Gasteiger partial charge in [0.1, 0.15) is 11.3 Å². The fourth-order valence-corrected chi connectivity index (χ4v) is 2.02. The predicted molar refractivity (Wildman–Crippen MR) is 74.4 cm³/mol. The molecule has 0 bridgehead atoms. The average molecular weight is 308 g/mol. The maximum atomic E-state index is 12.5. The molecule has 0 amide bonds. The van der Waals surface area contributed by atoms with E-state index in [4.69, 9.17) is 10.5 Å². The maximum absolute atomic E-state index is 12.5. The topological polar surface area (TPSA) is 66.0 Å². The third-order valence-electron chi connectivity index (χ3n) is 3.12. The molecule has 0 unspecified atom stereocenters. The van der Waals surface area contributed by atoms with Crippen LogP contribution >= 0.6 is 0 Å². The van der Waals surface area contributed by atoms with Crippen LogP contribution in [0.1, 0.15) is 5.56 Å². The van der Waals surface area contributed by atoms with Crippen molar-refractivity contribution < 1.29 is 17.9 Å². The normalized spacial score (nSPS) is 11.8. The van der Waals surface area contributed by atoms with Gasteiger partial charge in [0, 0.05) is 31.4 Å². The molecule has 0 atom stereocenters. The van der Waals surface area contributed by atoms with Gasteiger partial charge in [0.15, 0.2) is 0 Å². The quantitative estimate of drug-likeness (QED) is 0.737. The van der Waals surface area contributed by atoms with Gasteiger partial charge in [0.2, 0.25) is 5.88 Å². The zero-order chi connectivity index (χ0) is 15.9. The Balaban J connectivity index is 1.91. The number of fused-ring (bicyclic) bond motifs is 1. The number of alkyl halides is 3. The minimum atomic E-state index is -4.43. The van der Waals surface area contributed by atoms with Crippen molar-refractivity contribution in [2.75, 3.05) is 5.73 Å². The second-order valence-corrected chi connectivity index (χ2v) is 4.72. The van der Waals surface area contributed by atoms with Gasteiger partial charge in [-0.3, -0.25) is 0 Å². The number of aryl methyl sites for hydroxylation is 1. The summed E-state index contributed by atoms with van der Waals surface area (Å²) in [6, 6.07) is 5.31. The van der Waals surface area contributed by atoms with Gasteiger partial charge in [-0.2, -0.15) is 13.2 Å². The molecular formula is C14H11F3N4O. The number of nitrogen functional groups attached to an aromatic ring is 1. The van der Waals surface area contributed by atoms with Gasteiger partial charge in [0.05, 0.1) is 23.1 Å². The highest BCUT2D eigenvalue weighted by Gasteiger charge is 2.30. The lowest BCUT2D eigenvalue weighted by Crippen LogP contribution is -2.05.